The van der Waals surface area contributed by atoms with E-state index in [0.29, 0.717) is 0 Å². The van der Waals surface area contributed by atoms with Crippen LogP contribution in [0.3, 0.4) is 0 Å². The summed E-state index contributed by atoms with van der Waals surface area (Å²) in [6.07, 6.45) is 0. The maximum Gasteiger partial charge on any atom is 0.159 e. The molecule has 0 radical (unpaired) electrons. The van der Waals surface area contributed by atoms with Crippen molar-refractivity contribution in [1.29, 1.82) is 0 Å². The highest BCUT2D eigenvalue weighted by Gasteiger charge is 1.98. The van der Waals surface area contributed by atoms with E-state index in [1.807, 2.05) is 24.3 Å². The lowest BCUT2D eigenvalue weighted by Crippen LogP contribution is -2.11. The van der Waals surface area contributed by atoms with Gasteiger partial charge in [0.05, 0.1) is 0 Å². The number of Topliss-reactive ketones (excluding diaryl/α,β-unsaturated/α-hetero) is 1. The van der Waals surface area contributed by atoms with Gasteiger partial charge in [-0.3, -0.25) is 4.79 Å². The van der Waals surface area contributed by atoms with Crippen molar-refractivity contribution in [3.8, 4) is 0 Å². The Morgan fingerprint density at radius 1 is 1.45 bits per heavy atom. The lowest BCUT2D eigenvalue weighted by molar-refractivity contribution is 0.101. The summed E-state index contributed by atoms with van der Waals surface area (Å²) in [6.45, 7) is 3.67. The molecule has 56 valence electrons. The Morgan fingerprint density at radius 3 is 2.73 bits per heavy atom. The van der Waals surface area contributed by atoms with Gasteiger partial charge in [-0.2, -0.15) is 0 Å². The normalized spacial score (nSPS) is 9.27. The van der Waals surface area contributed by atoms with Crippen LogP contribution in [0.5, 0.6) is 0 Å². The van der Waals surface area contributed by atoms with E-state index in [9.17, 15) is 4.79 Å². The number of carbonyl (C=O) groups is 1. The Kier molecular flexibility index (Phi) is 2.47. The highest BCUT2D eigenvalue weighted by atomic mass is 16.1. The molecule has 11 heavy (non-hydrogen) atoms. The quantitative estimate of drug-likeness (QED) is 0.449. The monoisotopic (exact) mass is 146 g/mol. The second-order valence-electron chi connectivity index (χ2n) is 2.61. The lowest BCUT2D eigenvalue weighted by Gasteiger charge is -1.97. The Morgan fingerprint density at radius 2 is 2.18 bits per heavy atom. The summed E-state index contributed by atoms with van der Waals surface area (Å²) in [5.74, 6) is 0.139. The molecule has 1 aromatic carbocycles. The van der Waals surface area contributed by atoms with Gasteiger partial charge in [0.2, 0.25) is 0 Å². The predicted octanol–water partition coefficient (Wildman–Crippen LogP) is 0.999. The lowest BCUT2D eigenvalue weighted by atomic mass is 9.73. The fraction of sp³-hybridized carbons (Fsp3) is 0.222. The van der Waals surface area contributed by atoms with E-state index in [1.54, 1.807) is 6.92 Å². The maximum atomic E-state index is 10.9. The van der Waals surface area contributed by atoms with Crippen molar-refractivity contribution in [2.24, 2.45) is 0 Å². The van der Waals surface area contributed by atoms with E-state index >= 15 is 0 Å². The van der Waals surface area contributed by atoms with Gasteiger partial charge in [-0.15, -0.1) is 0 Å². The van der Waals surface area contributed by atoms with Crippen LogP contribution < -0.4 is 5.46 Å². The third-order valence-electron chi connectivity index (χ3n) is 1.74. The summed E-state index contributed by atoms with van der Waals surface area (Å²) in [7, 11) is 0.987. The summed E-state index contributed by atoms with van der Waals surface area (Å²) in [4.78, 5) is 10.9. The van der Waals surface area contributed by atoms with E-state index < -0.39 is 0 Å². The summed E-state index contributed by atoms with van der Waals surface area (Å²) < 4.78 is 0. The Bertz CT molecular complexity index is 268. The third kappa shape index (κ3) is 1.94. The smallest absolute Gasteiger partial charge is 0.159 e. The van der Waals surface area contributed by atoms with E-state index in [2.05, 4.69) is 6.82 Å². The van der Waals surface area contributed by atoms with Crippen LogP contribution in [0.4, 0.5) is 0 Å². The molecular formula is C9H11BO. The number of hydrogen-bond acceptors (Lipinski definition) is 1. The molecule has 0 fully saturated rings. The van der Waals surface area contributed by atoms with Crippen molar-refractivity contribution in [1.82, 2.24) is 0 Å². The van der Waals surface area contributed by atoms with Gasteiger partial charge in [-0.25, -0.2) is 0 Å². The molecule has 1 rings (SSSR count). The topological polar surface area (TPSA) is 17.1 Å². The average molecular weight is 146 g/mol. The molecule has 0 unspecified atom stereocenters. The minimum atomic E-state index is 0.139. The first kappa shape index (κ1) is 8.06. The van der Waals surface area contributed by atoms with E-state index in [4.69, 9.17) is 0 Å². The molecule has 0 spiro atoms. The van der Waals surface area contributed by atoms with Gasteiger partial charge in [-0.05, 0) is 6.92 Å². The van der Waals surface area contributed by atoms with Crippen molar-refractivity contribution < 1.29 is 4.79 Å². The molecular weight excluding hydrogens is 135 g/mol. The summed E-state index contributed by atoms with van der Waals surface area (Å²) >= 11 is 0. The second-order valence-corrected chi connectivity index (χ2v) is 2.61. The Labute approximate surface area is 67.7 Å². The molecule has 0 aliphatic heterocycles. The van der Waals surface area contributed by atoms with Crippen LogP contribution in [0.1, 0.15) is 17.3 Å². The molecule has 0 aromatic heterocycles. The second kappa shape index (κ2) is 3.38. The van der Waals surface area contributed by atoms with Crippen LogP contribution in [0, 0.1) is 0 Å². The summed E-state index contributed by atoms with van der Waals surface area (Å²) in [5.41, 5.74) is 2.03. The molecule has 0 heterocycles. The zero-order chi connectivity index (χ0) is 8.27. The predicted molar refractivity (Wildman–Crippen MR) is 49.1 cm³/mol. The molecule has 0 saturated heterocycles. The number of hydrogen-bond donors (Lipinski definition) is 0. The van der Waals surface area contributed by atoms with Gasteiger partial charge >= 0.3 is 0 Å². The SMILES string of the molecule is CBc1cccc(C(C)=O)c1. The van der Waals surface area contributed by atoms with Gasteiger partial charge in [0.15, 0.2) is 13.1 Å². The van der Waals surface area contributed by atoms with E-state index in [1.165, 1.54) is 5.46 Å². The number of carbonyl (C=O) groups excluding carboxylic acids is 1. The van der Waals surface area contributed by atoms with Crippen LogP contribution in [-0.2, 0) is 0 Å². The van der Waals surface area contributed by atoms with Crippen molar-refractivity contribution in [2.75, 3.05) is 0 Å². The zero-order valence-corrected chi connectivity index (χ0v) is 6.92. The standard InChI is InChI=1S/C9H11BO/c1-7(11)8-4-3-5-9(6-8)10-2/h3-6,10H,1-2H3. The highest BCUT2D eigenvalue weighted by Crippen LogP contribution is 1.96. The van der Waals surface area contributed by atoms with Crippen molar-refractivity contribution >= 4 is 18.5 Å². The van der Waals surface area contributed by atoms with Crippen molar-refractivity contribution in [2.45, 2.75) is 13.7 Å². The molecule has 1 nitrogen and oxygen atoms in total. The summed E-state index contributed by atoms with van der Waals surface area (Å²) in [6, 6.07) is 7.76. The Hall–Kier alpha value is -1.05. The molecule has 0 aliphatic rings. The van der Waals surface area contributed by atoms with E-state index in [0.717, 1.165) is 12.8 Å². The zero-order valence-electron chi connectivity index (χ0n) is 6.92. The molecule has 0 aliphatic carbocycles. The largest absolute Gasteiger partial charge is 0.295 e. The van der Waals surface area contributed by atoms with Gasteiger partial charge in [-0.1, -0.05) is 36.6 Å². The molecule has 0 amide bonds. The van der Waals surface area contributed by atoms with Crippen LogP contribution in [-0.4, -0.2) is 13.1 Å². The van der Waals surface area contributed by atoms with Crippen LogP contribution >= 0.6 is 0 Å². The molecule has 2 heteroatoms. The minimum Gasteiger partial charge on any atom is -0.295 e. The van der Waals surface area contributed by atoms with Gasteiger partial charge in [0, 0.05) is 5.56 Å². The van der Waals surface area contributed by atoms with E-state index in [-0.39, 0.29) is 5.78 Å². The third-order valence-corrected chi connectivity index (χ3v) is 1.74. The number of benzene rings is 1. The molecule has 0 atom stereocenters. The van der Waals surface area contributed by atoms with Gasteiger partial charge in [0.25, 0.3) is 0 Å². The first-order valence-corrected chi connectivity index (χ1v) is 3.84. The van der Waals surface area contributed by atoms with Gasteiger partial charge in [0.1, 0.15) is 0 Å². The van der Waals surface area contributed by atoms with Gasteiger partial charge < -0.3 is 0 Å². The molecule has 0 bridgehead atoms. The fourth-order valence-electron chi connectivity index (χ4n) is 1.01. The average Bonchev–Trinajstić information content (AvgIpc) is 2.05. The maximum absolute atomic E-state index is 10.9. The first-order chi connectivity index (χ1) is 5.24. The minimum absolute atomic E-state index is 0.139. The fourth-order valence-corrected chi connectivity index (χ4v) is 1.01. The molecule has 0 saturated carbocycles. The van der Waals surface area contributed by atoms with Crippen LogP contribution in [0.2, 0.25) is 6.82 Å². The molecule has 0 N–H and O–H groups in total. The number of rotatable bonds is 2. The number of ketones is 1. The van der Waals surface area contributed by atoms with Crippen molar-refractivity contribution in [3.63, 3.8) is 0 Å². The van der Waals surface area contributed by atoms with Crippen molar-refractivity contribution in [3.05, 3.63) is 29.8 Å². The Balaban J connectivity index is 3.01. The summed E-state index contributed by atoms with van der Waals surface area (Å²) in [5, 5.41) is 0. The highest BCUT2D eigenvalue weighted by molar-refractivity contribution is 6.52. The van der Waals surface area contributed by atoms with Crippen LogP contribution in [0.25, 0.3) is 0 Å². The van der Waals surface area contributed by atoms with Crippen LogP contribution in [0.15, 0.2) is 24.3 Å². The molecule has 1 aromatic rings. The first-order valence-electron chi connectivity index (χ1n) is 3.84.